The molecule has 26 heavy (non-hydrogen) atoms. The Morgan fingerprint density at radius 3 is 2.08 bits per heavy atom. The van der Waals surface area contributed by atoms with Gasteiger partial charge in [0, 0.05) is 12.8 Å². The number of benzene rings is 1. The van der Waals surface area contributed by atoms with Crippen LogP contribution in [0.25, 0.3) is 0 Å². The van der Waals surface area contributed by atoms with Crippen LogP contribution in [0.4, 0.5) is 0 Å². The Bertz CT molecular complexity index is 563. The summed E-state index contributed by atoms with van der Waals surface area (Å²) in [7, 11) is 0. The van der Waals surface area contributed by atoms with E-state index in [0.29, 0.717) is 31.1 Å². The van der Waals surface area contributed by atoms with Gasteiger partial charge in [-0.3, -0.25) is 9.59 Å². The Hall–Kier alpha value is -1.84. The first-order chi connectivity index (χ1) is 12.4. The third kappa shape index (κ3) is 10.2. The Balaban J connectivity index is 2.02. The molecular weight excluding hydrogens is 328 g/mol. The highest BCUT2D eigenvalue weighted by atomic mass is 16.5. The predicted molar refractivity (Wildman–Crippen MR) is 104 cm³/mol. The van der Waals surface area contributed by atoms with Crippen molar-refractivity contribution in [3.8, 4) is 5.75 Å². The summed E-state index contributed by atoms with van der Waals surface area (Å²) in [5.41, 5.74) is 2.07. The minimum absolute atomic E-state index is 0.0899. The molecule has 0 fully saturated rings. The molecule has 0 radical (unpaired) electrons. The molecule has 0 bridgehead atoms. The van der Waals surface area contributed by atoms with Crippen molar-refractivity contribution in [2.75, 3.05) is 6.61 Å². The normalized spacial score (nSPS) is 10.8. The zero-order chi connectivity index (χ0) is 19.4. The van der Waals surface area contributed by atoms with Crippen molar-refractivity contribution in [3.05, 3.63) is 29.3 Å². The summed E-state index contributed by atoms with van der Waals surface area (Å²) < 4.78 is 10.6. The summed E-state index contributed by atoms with van der Waals surface area (Å²) in [4.78, 5) is 23.4. The maximum atomic E-state index is 11.9. The lowest BCUT2D eigenvalue weighted by Crippen LogP contribution is -2.09. The number of aryl methyl sites for hydroxylation is 2. The summed E-state index contributed by atoms with van der Waals surface area (Å²) in [6, 6.07) is 5.88. The molecule has 1 rings (SSSR count). The number of hydrogen-bond acceptors (Lipinski definition) is 4. The van der Waals surface area contributed by atoms with Gasteiger partial charge in [-0.1, -0.05) is 51.7 Å². The second-order valence-electron chi connectivity index (χ2n) is 7.44. The number of carbonyl (C=O) groups is 2. The molecule has 1 aromatic carbocycles. The highest BCUT2D eigenvalue weighted by molar-refractivity contribution is 5.72. The van der Waals surface area contributed by atoms with Gasteiger partial charge in [0.15, 0.2) is 0 Å². The van der Waals surface area contributed by atoms with E-state index >= 15 is 0 Å². The number of carbonyl (C=O) groups excluding carboxylic acids is 2. The van der Waals surface area contributed by atoms with Crippen LogP contribution in [0.3, 0.4) is 0 Å². The van der Waals surface area contributed by atoms with Crippen molar-refractivity contribution in [2.45, 2.75) is 79.1 Å². The van der Waals surface area contributed by atoms with Gasteiger partial charge in [0.25, 0.3) is 0 Å². The van der Waals surface area contributed by atoms with Gasteiger partial charge in [-0.25, -0.2) is 0 Å². The molecule has 0 aliphatic rings. The van der Waals surface area contributed by atoms with Crippen molar-refractivity contribution in [1.82, 2.24) is 0 Å². The van der Waals surface area contributed by atoms with E-state index in [0.717, 1.165) is 49.7 Å². The molecule has 0 atom stereocenters. The Morgan fingerprint density at radius 2 is 1.46 bits per heavy atom. The van der Waals surface area contributed by atoms with Crippen LogP contribution in [0.1, 0.15) is 76.3 Å². The highest BCUT2D eigenvalue weighted by Gasteiger charge is 2.08. The van der Waals surface area contributed by atoms with E-state index in [1.54, 1.807) is 0 Å². The van der Waals surface area contributed by atoms with E-state index in [1.165, 1.54) is 0 Å². The van der Waals surface area contributed by atoms with Crippen LogP contribution < -0.4 is 4.74 Å². The van der Waals surface area contributed by atoms with Crippen molar-refractivity contribution in [2.24, 2.45) is 5.92 Å². The number of rotatable bonds is 12. The van der Waals surface area contributed by atoms with Crippen LogP contribution in [0, 0.1) is 19.8 Å². The first kappa shape index (κ1) is 22.2. The molecule has 4 heteroatoms. The molecule has 0 aliphatic carbocycles. The van der Waals surface area contributed by atoms with Crippen LogP contribution >= 0.6 is 0 Å². The van der Waals surface area contributed by atoms with E-state index in [9.17, 15) is 9.59 Å². The number of unbranched alkanes of at least 4 members (excludes halogenated alkanes) is 5. The molecule has 0 N–H and O–H groups in total. The van der Waals surface area contributed by atoms with Crippen LogP contribution in [0.15, 0.2) is 18.2 Å². The highest BCUT2D eigenvalue weighted by Crippen LogP contribution is 2.20. The number of esters is 2. The fraction of sp³-hybridized carbons (Fsp3) is 0.636. The standard InChI is InChI=1S/C22H34O4/c1-17(2)16-25-21(23)11-9-7-5-6-8-10-12-22(24)26-20-15-18(3)13-14-19(20)4/h13-15,17H,5-12,16H2,1-4H3. The molecule has 0 amide bonds. The molecule has 146 valence electrons. The van der Waals surface area contributed by atoms with Crippen LogP contribution in [0.5, 0.6) is 5.75 Å². The van der Waals surface area contributed by atoms with Crippen molar-refractivity contribution in [1.29, 1.82) is 0 Å². The molecule has 0 spiro atoms. The Kier molecular flexibility index (Phi) is 10.7. The predicted octanol–water partition coefficient (Wildman–Crippen LogP) is 5.53. The first-order valence-corrected chi connectivity index (χ1v) is 9.82. The molecule has 1 aromatic rings. The molecule has 0 unspecified atom stereocenters. The van der Waals surface area contributed by atoms with Gasteiger partial charge in [0.1, 0.15) is 5.75 Å². The Morgan fingerprint density at radius 1 is 0.885 bits per heavy atom. The average molecular weight is 363 g/mol. The van der Waals surface area contributed by atoms with Crippen LogP contribution in [-0.4, -0.2) is 18.5 Å². The topological polar surface area (TPSA) is 52.6 Å². The third-order valence-corrected chi connectivity index (χ3v) is 4.16. The maximum absolute atomic E-state index is 11.9. The van der Waals surface area contributed by atoms with Gasteiger partial charge >= 0.3 is 11.9 Å². The molecule has 0 aromatic heterocycles. The zero-order valence-corrected chi connectivity index (χ0v) is 16.8. The summed E-state index contributed by atoms with van der Waals surface area (Å²) in [6.07, 6.45) is 6.90. The second kappa shape index (κ2) is 12.5. The fourth-order valence-electron chi connectivity index (χ4n) is 2.57. The second-order valence-corrected chi connectivity index (χ2v) is 7.44. The summed E-state index contributed by atoms with van der Waals surface area (Å²) in [6.45, 7) is 8.51. The van der Waals surface area contributed by atoms with Crippen LogP contribution in [-0.2, 0) is 14.3 Å². The van der Waals surface area contributed by atoms with Gasteiger partial charge in [-0.05, 0) is 49.8 Å². The molecule has 4 nitrogen and oxygen atoms in total. The molecule has 0 aliphatic heterocycles. The molecular formula is C22H34O4. The van der Waals surface area contributed by atoms with Gasteiger partial charge in [0.05, 0.1) is 6.61 Å². The van der Waals surface area contributed by atoms with Crippen molar-refractivity contribution < 1.29 is 19.1 Å². The van der Waals surface area contributed by atoms with Gasteiger partial charge < -0.3 is 9.47 Å². The molecule has 0 heterocycles. The number of ether oxygens (including phenoxy) is 2. The summed E-state index contributed by atoms with van der Waals surface area (Å²) in [5, 5.41) is 0. The van der Waals surface area contributed by atoms with E-state index in [-0.39, 0.29) is 11.9 Å². The maximum Gasteiger partial charge on any atom is 0.311 e. The zero-order valence-electron chi connectivity index (χ0n) is 16.8. The van der Waals surface area contributed by atoms with Gasteiger partial charge in [0.2, 0.25) is 0 Å². The average Bonchev–Trinajstić information content (AvgIpc) is 2.58. The van der Waals surface area contributed by atoms with E-state index in [4.69, 9.17) is 9.47 Å². The monoisotopic (exact) mass is 362 g/mol. The smallest absolute Gasteiger partial charge is 0.311 e. The third-order valence-electron chi connectivity index (χ3n) is 4.16. The van der Waals surface area contributed by atoms with E-state index in [1.807, 2.05) is 45.9 Å². The van der Waals surface area contributed by atoms with Crippen molar-refractivity contribution in [3.63, 3.8) is 0 Å². The van der Waals surface area contributed by atoms with Gasteiger partial charge in [-0.2, -0.15) is 0 Å². The van der Waals surface area contributed by atoms with Crippen LogP contribution in [0.2, 0.25) is 0 Å². The minimum atomic E-state index is -0.161. The van der Waals surface area contributed by atoms with Crippen molar-refractivity contribution >= 4 is 11.9 Å². The summed E-state index contributed by atoms with van der Waals surface area (Å²) in [5.74, 6) is 0.805. The lowest BCUT2D eigenvalue weighted by atomic mass is 10.1. The summed E-state index contributed by atoms with van der Waals surface area (Å²) >= 11 is 0. The molecule has 0 saturated heterocycles. The lowest BCUT2D eigenvalue weighted by molar-refractivity contribution is -0.144. The lowest BCUT2D eigenvalue weighted by Gasteiger charge is -2.08. The van der Waals surface area contributed by atoms with Gasteiger partial charge in [-0.15, -0.1) is 0 Å². The fourth-order valence-corrected chi connectivity index (χ4v) is 2.57. The molecule has 0 saturated carbocycles. The number of hydrogen-bond donors (Lipinski definition) is 0. The van der Waals surface area contributed by atoms with E-state index < -0.39 is 0 Å². The largest absolute Gasteiger partial charge is 0.465 e. The SMILES string of the molecule is Cc1ccc(C)c(OC(=O)CCCCCCCCC(=O)OCC(C)C)c1. The Labute approximate surface area is 158 Å². The first-order valence-electron chi connectivity index (χ1n) is 9.82. The van der Waals surface area contributed by atoms with E-state index in [2.05, 4.69) is 0 Å². The minimum Gasteiger partial charge on any atom is -0.465 e. The quantitative estimate of drug-likeness (QED) is 0.279.